The van der Waals surface area contributed by atoms with Crippen molar-refractivity contribution in [3.05, 3.63) is 29.1 Å². The minimum absolute atomic E-state index is 0.0262. The van der Waals surface area contributed by atoms with Crippen LogP contribution in [0.15, 0.2) is 12.3 Å². The fourth-order valence-corrected chi connectivity index (χ4v) is 7.52. The van der Waals surface area contributed by atoms with E-state index in [1.54, 1.807) is 19.1 Å². The summed E-state index contributed by atoms with van der Waals surface area (Å²) in [4.78, 5) is 35.0. The van der Waals surface area contributed by atoms with Crippen LogP contribution in [-0.2, 0) is 42.9 Å². The van der Waals surface area contributed by atoms with E-state index >= 15 is 0 Å². The number of carbonyl (C=O) groups is 2. The fraction of sp³-hybridized carbons (Fsp3) is 0.759. The minimum Gasteiger partial charge on any atom is -0.385 e. The third kappa shape index (κ3) is 5.87. The summed E-state index contributed by atoms with van der Waals surface area (Å²) in [6, 6.07) is 1.13. The average Bonchev–Trinajstić information content (AvgIpc) is 3.47. The van der Waals surface area contributed by atoms with Crippen LogP contribution in [0.3, 0.4) is 0 Å². The smallest absolute Gasteiger partial charge is 0.385 e. The first-order chi connectivity index (χ1) is 19.1. The molecule has 0 N–H and O–H groups in total. The number of carbonyl (C=O) groups excluding carboxylic acids is 2. The Hall–Kier alpha value is -2.24. The summed E-state index contributed by atoms with van der Waals surface area (Å²) >= 11 is 0. The number of amides is 2. The van der Waals surface area contributed by atoms with Gasteiger partial charge in [0.2, 0.25) is 11.8 Å². The first kappa shape index (κ1) is 29.3. The zero-order valence-corrected chi connectivity index (χ0v) is 23.4. The number of likely N-dealkylation sites (tertiary alicyclic amines) is 1. The number of hydrogen-bond acceptors (Lipinski definition) is 6. The van der Waals surface area contributed by atoms with Crippen molar-refractivity contribution in [2.24, 2.45) is 23.2 Å². The lowest BCUT2D eigenvalue weighted by atomic mass is 9.78. The van der Waals surface area contributed by atoms with Crippen molar-refractivity contribution >= 4 is 11.8 Å². The Morgan fingerprint density at radius 3 is 2.83 bits per heavy atom. The maximum absolute atomic E-state index is 14.4. The van der Waals surface area contributed by atoms with Crippen molar-refractivity contribution in [1.82, 2.24) is 14.8 Å². The van der Waals surface area contributed by atoms with Gasteiger partial charge >= 0.3 is 6.18 Å². The van der Waals surface area contributed by atoms with Crippen molar-refractivity contribution in [2.45, 2.75) is 63.8 Å². The molecule has 5 atom stereocenters. The van der Waals surface area contributed by atoms with Crippen LogP contribution in [0.5, 0.6) is 0 Å². The quantitative estimate of drug-likeness (QED) is 0.446. The third-order valence-electron chi connectivity index (χ3n) is 9.52. The number of ether oxygens (including phenoxy) is 3. The van der Waals surface area contributed by atoms with E-state index in [-0.39, 0.29) is 30.4 Å². The van der Waals surface area contributed by atoms with E-state index in [1.165, 1.54) is 0 Å². The van der Waals surface area contributed by atoms with Gasteiger partial charge in [0.15, 0.2) is 0 Å². The number of methoxy groups -OCH3 is 2. The highest BCUT2D eigenvalue weighted by Gasteiger charge is 2.59. The molecule has 4 aliphatic rings. The van der Waals surface area contributed by atoms with Crippen LogP contribution in [0.4, 0.5) is 13.2 Å². The predicted molar refractivity (Wildman–Crippen MR) is 139 cm³/mol. The molecule has 3 aliphatic heterocycles. The number of alkyl halides is 3. The van der Waals surface area contributed by atoms with Crippen molar-refractivity contribution in [3.63, 3.8) is 0 Å². The number of nitrogens with zero attached hydrogens (tertiary/aromatic N) is 3. The highest BCUT2D eigenvalue weighted by molar-refractivity contribution is 5.86. The van der Waals surface area contributed by atoms with E-state index in [9.17, 15) is 22.8 Å². The van der Waals surface area contributed by atoms with Crippen LogP contribution in [0.25, 0.3) is 0 Å². The number of aromatic nitrogens is 1. The zero-order chi connectivity index (χ0) is 28.5. The Bertz CT molecular complexity index is 1090. The number of fused-ring (bicyclic) bond motifs is 2. The van der Waals surface area contributed by atoms with Gasteiger partial charge in [-0.25, -0.2) is 0 Å². The molecule has 1 saturated carbocycles. The van der Waals surface area contributed by atoms with Crippen molar-refractivity contribution < 1.29 is 37.0 Å². The molecule has 0 bridgehead atoms. The SMILES string of the molecule is COCCCC(=O)N1C[C@@H]2C[C@@H](CC3CCOCC3OC)C[C@]2(C(=O)N2CCc3ncc(C(F)(F)F)cc3C2)C1. The Balaban J connectivity index is 1.35. The second-order valence-electron chi connectivity index (χ2n) is 12.0. The monoisotopic (exact) mass is 567 g/mol. The normalized spacial score (nSPS) is 30.3. The van der Waals surface area contributed by atoms with Gasteiger partial charge in [-0.15, -0.1) is 0 Å². The molecule has 2 saturated heterocycles. The number of halogens is 3. The molecule has 222 valence electrons. The van der Waals surface area contributed by atoms with Crippen LogP contribution < -0.4 is 0 Å². The zero-order valence-electron chi connectivity index (χ0n) is 23.4. The topological polar surface area (TPSA) is 81.2 Å². The van der Waals surface area contributed by atoms with E-state index in [2.05, 4.69) is 4.98 Å². The van der Waals surface area contributed by atoms with Crippen LogP contribution in [-0.4, -0.2) is 86.4 Å². The molecule has 2 amide bonds. The van der Waals surface area contributed by atoms with Gasteiger partial charge < -0.3 is 24.0 Å². The Morgan fingerprint density at radius 2 is 2.08 bits per heavy atom. The molecular weight excluding hydrogens is 527 g/mol. The average molecular weight is 568 g/mol. The Labute approximate surface area is 233 Å². The Kier molecular flexibility index (Phi) is 8.73. The van der Waals surface area contributed by atoms with Crippen molar-refractivity contribution in [2.75, 3.05) is 53.7 Å². The summed E-state index contributed by atoms with van der Waals surface area (Å²) < 4.78 is 56.5. The highest BCUT2D eigenvalue weighted by Crippen LogP contribution is 2.54. The number of pyridine rings is 1. The van der Waals surface area contributed by atoms with Crippen LogP contribution in [0.2, 0.25) is 0 Å². The van der Waals surface area contributed by atoms with Crippen LogP contribution >= 0.6 is 0 Å². The molecule has 2 unspecified atom stereocenters. The van der Waals surface area contributed by atoms with Gasteiger partial charge in [-0.2, -0.15) is 13.2 Å². The first-order valence-corrected chi connectivity index (χ1v) is 14.4. The van der Waals surface area contributed by atoms with E-state index in [0.29, 0.717) is 88.2 Å². The summed E-state index contributed by atoms with van der Waals surface area (Å²) in [6.45, 7) is 3.21. The lowest BCUT2D eigenvalue weighted by Gasteiger charge is -2.37. The van der Waals surface area contributed by atoms with Crippen LogP contribution in [0, 0.1) is 23.2 Å². The summed E-state index contributed by atoms with van der Waals surface area (Å²) in [5, 5.41) is 0. The van der Waals surface area contributed by atoms with Gasteiger partial charge in [-0.1, -0.05) is 0 Å². The van der Waals surface area contributed by atoms with Crippen LogP contribution in [0.1, 0.15) is 55.3 Å². The van der Waals surface area contributed by atoms with E-state index in [1.807, 2.05) is 4.90 Å². The number of hydrogen-bond donors (Lipinski definition) is 0. The molecule has 5 rings (SSSR count). The fourth-order valence-electron chi connectivity index (χ4n) is 7.52. The molecular formula is C29H40F3N3O5. The second-order valence-corrected chi connectivity index (χ2v) is 12.0. The van der Waals surface area contributed by atoms with Gasteiger partial charge in [0.25, 0.3) is 0 Å². The molecule has 1 aliphatic carbocycles. The maximum atomic E-state index is 14.4. The third-order valence-corrected chi connectivity index (χ3v) is 9.52. The summed E-state index contributed by atoms with van der Waals surface area (Å²) in [7, 11) is 3.32. The van der Waals surface area contributed by atoms with Gasteiger partial charge in [0, 0.05) is 78.3 Å². The lowest BCUT2D eigenvalue weighted by Crippen LogP contribution is -2.49. The highest BCUT2D eigenvalue weighted by atomic mass is 19.4. The molecule has 1 aromatic rings. The molecule has 3 fully saturated rings. The van der Waals surface area contributed by atoms with E-state index in [4.69, 9.17) is 14.2 Å². The lowest BCUT2D eigenvalue weighted by molar-refractivity contribution is -0.144. The standard InChI is InChI=1S/C29H40F3N3O5/c1-38-8-3-4-26(36)35-16-23-11-19(10-20-6-9-40-17-25(20)39-2)13-28(23,18-35)27(37)34-7-5-24-21(15-34)12-22(14-33-24)29(30,31)32/h12,14,19-20,23,25H,3-11,13,15-18H2,1-2H3/t19-,20?,23+,25?,28+/m1/s1. The van der Waals surface area contributed by atoms with Gasteiger partial charge in [0.05, 0.1) is 23.7 Å². The largest absolute Gasteiger partial charge is 0.417 e. The molecule has 40 heavy (non-hydrogen) atoms. The molecule has 0 radical (unpaired) electrons. The number of rotatable bonds is 8. The van der Waals surface area contributed by atoms with Gasteiger partial charge in [-0.3, -0.25) is 14.6 Å². The molecule has 11 heteroatoms. The molecule has 0 aromatic carbocycles. The summed E-state index contributed by atoms with van der Waals surface area (Å²) in [5.74, 6) is 0.692. The van der Waals surface area contributed by atoms with E-state index in [0.717, 1.165) is 31.5 Å². The summed E-state index contributed by atoms with van der Waals surface area (Å²) in [6.07, 6.45) is 1.22. The second kappa shape index (κ2) is 11.9. The molecule has 8 nitrogen and oxygen atoms in total. The van der Waals surface area contributed by atoms with Crippen molar-refractivity contribution in [1.29, 1.82) is 0 Å². The minimum atomic E-state index is -4.49. The molecule has 4 heterocycles. The summed E-state index contributed by atoms with van der Waals surface area (Å²) in [5.41, 5.74) is -0.452. The van der Waals surface area contributed by atoms with E-state index < -0.39 is 17.2 Å². The Morgan fingerprint density at radius 1 is 1.25 bits per heavy atom. The van der Waals surface area contributed by atoms with Gasteiger partial charge in [-0.05, 0) is 61.5 Å². The molecule has 0 spiro atoms. The molecule has 1 aromatic heterocycles. The maximum Gasteiger partial charge on any atom is 0.417 e. The first-order valence-electron chi connectivity index (χ1n) is 14.4. The predicted octanol–water partition coefficient (Wildman–Crippen LogP) is 3.71. The van der Waals surface area contributed by atoms with Gasteiger partial charge in [0.1, 0.15) is 0 Å². The van der Waals surface area contributed by atoms with Crippen molar-refractivity contribution in [3.8, 4) is 0 Å².